The van der Waals surface area contributed by atoms with E-state index in [0.717, 1.165) is 16.3 Å². The van der Waals surface area contributed by atoms with E-state index in [-0.39, 0.29) is 12.5 Å². The molecule has 0 spiro atoms. The van der Waals surface area contributed by atoms with Gasteiger partial charge in [-0.2, -0.15) is 5.10 Å². The second kappa shape index (κ2) is 12.6. The second-order valence-corrected chi connectivity index (χ2v) is 8.49. The maximum atomic E-state index is 12.6. The molecule has 0 aromatic heterocycles. The zero-order chi connectivity index (χ0) is 26.0. The molecular formula is C29H26ClN3O4. The molecule has 2 N–H and O–H groups in total. The molecule has 4 rings (SSSR count). The highest BCUT2D eigenvalue weighted by Crippen LogP contribution is 2.29. The Morgan fingerprint density at radius 3 is 2.51 bits per heavy atom. The van der Waals surface area contributed by atoms with Crippen LogP contribution in [0.4, 0.5) is 0 Å². The second-order valence-electron chi connectivity index (χ2n) is 8.06. The van der Waals surface area contributed by atoms with Gasteiger partial charge in [-0.05, 0) is 65.2 Å². The standard InChI is InChI=1S/C29H26ClN3O4/c1-2-36-27-16-21(12-15-26(27)37-19-20-10-13-23(30)14-11-20)17-32-33-28(34)18-31-29(35)25-9-5-7-22-6-3-4-8-24(22)25/h3-17H,2,18-19H2,1H3,(H,31,35)(H,33,34)/b32-17-. The number of nitrogens with one attached hydrogen (secondary N) is 2. The molecule has 4 aromatic carbocycles. The van der Waals surface area contributed by atoms with Gasteiger partial charge < -0.3 is 14.8 Å². The van der Waals surface area contributed by atoms with Gasteiger partial charge in [0, 0.05) is 10.6 Å². The first-order valence-corrected chi connectivity index (χ1v) is 12.1. The Hall–Kier alpha value is -4.36. The van der Waals surface area contributed by atoms with Crippen molar-refractivity contribution < 1.29 is 19.1 Å². The number of benzene rings is 4. The third kappa shape index (κ3) is 7.08. The molecule has 188 valence electrons. The fraction of sp³-hybridized carbons (Fsp3) is 0.138. The number of amides is 2. The molecule has 7 nitrogen and oxygen atoms in total. The smallest absolute Gasteiger partial charge is 0.259 e. The Kier molecular flexibility index (Phi) is 8.73. The molecule has 0 radical (unpaired) electrons. The Morgan fingerprint density at radius 2 is 1.70 bits per heavy atom. The van der Waals surface area contributed by atoms with Gasteiger partial charge in [0.15, 0.2) is 11.5 Å². The van der Waals surface area contributed by atoms with Crippen molar-refractivity contribution in [2.24, 2.45) is 5.10 Å². The molecular weight excluding hydrogens is 490 g/mol. The van der Waals surface area contributed by atoms with Crippen LogP contribution in [0.15, 0.2) is 90.0 Å². The molecule has 0 aliphatic rings. The van der Waals surface area contributed by atoms with E-state index in [2.05, 4.69) is 15.8 Å². The zero-order valence-corrected chi connectivity index (χ0v) is 21.0. The monoisotopic (exact) mass is 515 g/mol. The predicted octanol–water partition coefficient (Wildman–Crippen LogP) is 5.35. The summed E-state index contributed by atoms with van der Waals surface area (Å²) in [7, 11) is 0. The first kappa shape index (κ1) is 25.7. The quantitative estimate of drug-likeness (QED) is 0.220. The Labute approximate surface area is 220 Å². The number of carbonyl (C=O) groups excluding carboxylic acids is 2. The third-order valence-electron chi connectivity index (χ3n) is 5.42. The van der Waals surface area contributed by atoms with E-state index in [1.807, 2.05) is 67.6 Å². The highest BCUT2D eigenvalue weighted by molar-refractivity contribution is 6.30. The topological polar surface area (TPSA) is 89.0 Å². The highest BCUT2D eigenvalue weighted by atomic mass is 35.5. The van der Waals surface area contributed by atoms with Gasteiger partial charge in [-0.25, -0.2) is 5.43 Å². The molecule has 4 aromatic rings. The maximum absolute atomic E-state index is 12.6. The first-order chi connectivity index (χ1) is 18.0. The summed E-state index contributed by atoms with van der Waals surface area (Å²) in [6, 6.07) is 25.9. The number of hydrogen-bond donors (Lipinski definition) is 2. The molecule has 0 bridgehead atoms. The van der Waals surface area contributed by atoms with Crippen LogP contribution in [0.1, 0.15) is 28.4 Å². The average Bonchev–Trinajstić information content (AvgIpc) is 2.92. The highest BCUT2D eigenvalue weighted by Gasteiger charge is 2.11. The molecule has 0 saturated carbocycles. The molecule has 0 heterocycles. The Balaban J connectivity index is 1.31. The van der Waals surface area contributed by atoms with Crippen molar-refractivity contribution >= 4 is 40.4 Å². The van der Waals surface area contributed by atoms with Crippen molar-refractivity contribution in [1.82, 2.24) is 10.7 Å². The Morgan fingerprint density at radius 1 is 0.919 bits per heavy atom. The van der Waals surface area contributed by atoms with Crippen LogP contribution in [0.5, 0.6) is 11.5 Å². The summed E-state index contributed by atoms with van der Waals surface area (Å²) >= 11 is 5.93. The molecule has 0 saturated heterocycles. The van der Waals surface area contributed by atoms with Crippen LogP contribution in [0.25, 0.3) is 10.8 Å². The summed E-state index contributed by atoms with van der Waals surface area (Å²) in [5.41, 5.74) is 4.63. The molecule has 0 aliphatic carbocycles. The minimum atomic E-state index is -0.446. The summed E-state index contributed by atoms with van der Waals surface area (Å²) < 4.78 is 11.6. The van der Waals surface area contributed by atoms with Crippen LogP contribution >= 0.6 is 11.6 Å². The molecule has 0 aliphatic heterocycles. The van der Waals surface area contributed by atoms with Gasteiger partial charge in [0.05, 0.1) is 19.4 Å². The van der Waals surface area contributed by atoms with Crippen LogP contribution in [-0.4, -0.2) is 31.2 Å². The molecule has 0 fully saturated rings. The lowest BCUT2D eigenvalue weighted by Crippen LogP contribution is -2.35. The summed E-state index contributed by atoms with van der Waals surface area (Å²) in [5, 5.41) is 9.07. The van der Waals surface area contributed by atoms with Gasteiger partial charge in [-0.15, -0.1) is 0 Å². The van der Waals surface area contributed by atoms with Crippen molar-refractivity contribution in [3.63, 3.8) is 0 Å². The van der Waals surface area contributed by atoms with E-state index >= 15 is 0 Å². The number of hydrazone groups is 1. The summed E-state index contributed by atoms with van der Waals surface area (Å²) in [4.78, 5) is 24.8. The maximum Gasteiger partial charge on any atom is 0.259 e. The third-order valence-corrected chi connectivity index (χ3v) is 5.67. The van der Waals surface area contributed by atoms with Crippen LogP contribution in [-0.2, 0) is 11.4 Å². The van der Waals surface area contributed by atoms with Gasteiger partial charge in [0.25, 0.3) is 11.8 Å². The number of fused-ring (bicyclic) bond motifs is 1. The number of carbonyl (C=O) groups is 2. The van der Waals surface area contributed by atoms with Gasteiger partial charge in [-0.3, -0.25) is 9.59 Å². The lowest BCUT2D eigenvalue weighted by molar-refractivity contribution is -0.120. The van der Waals surface area contributed by atoms with E-state index in [4.69, 9.17) is 21.1 Å². The average molecular weight is 516 g/mol. The summed E-state index contributed by atoms with van der Waals surface area (Å²) in [5.74, 6) is 0.382. The van der Waals surface area contributed by atoms with Gasteiger partial charge in [0.2, 0.25) is 0 Å². The fourth-order valence-electron chi connectivity index (χ4n) is 3.63. The molecule has 8 heteroatoms. The minimum absolute atomic E-state index is 0.207. The van der Waals surface area contributed by atoms with E-state index < -0.39 is 5.91 Å². The van der Waals surface area contributed by atoms with Crippen LogP contribution in [0.2, 0.25) is 5.02 Å². The van der Waals surface area contributed by atoms with E-state index in [1.54, 1.807) is 24.3 Å². The van der Waals surface area contributed by atoms with E-state index in [0.29, 0.717) is 40.9 Å². The number of nitrogens with zero attached hydrogens (tertiary/aromatic N) is 1. The number of hydrogen-bond acceptors (Lipinski definition) is 5. The molecule has 0 atom stereocenters. The SMILES string of the molecule is CCOc1cc(/C=N\NC(=O)CNC(=O)c2cccc3ccccc23)ccc1OCc1ccc(Cl)cc1. The number of ether oxygens (including phenoxy) is 2. The van der Waals surface area contributed by atoms with Crippen molar-refractivity contribution in [2.45, 2.75) is 13.5 Å². The minimum Gasteiger partial charge on any atom is -0.490 e. The predicted molar refractivity (Wildman–Crippen MR) is 145 cm³/mol. The number of halogens is 1. The van der Waals surface area contributed by atoms with Crippen molar-refractivity contribution in [2.75, 3.05) is 13.2 Å². The summed E-state index contributed by atoms with van der Waals surface area (Å²) in [6.07, 6.45) is 1.50. The fourth-order valence-corrected chi connectivity index (χ4v) is 3.76. The van der Waals surface area contributed by atoms with E-state index in [1.165, 1.54) is 6.21 Å². The van der Waals surface area contributed by atoms with Crippen molar-refractivity contribution in [3.8, 4) is 11.5 Å². The molecule has 0 unspecified atom stereocenters. The largest absolute Gasteiger partial charge is 0.490 e. The number of rotatable bonds is 10. The zero-order valence-electron chi connectivity index (χ0n) is 20.2. The normalized spacial score (nSPS) is 10.9. The summed E-state index contributed by atoms with van der Waals surface area (Å²) in [6.45, 7) is 2.51. The lowest BCUT2D eigenvalue weighted by Gasteiger charge is -2.12. The van der Waals surface area contributed by atoms with E-state index in [9.17, 15) is 9.59 Å². The van der Waals surface area contributed by atoms with Gasteiger partial charge in [0.1, 0.15) is 6.61 Å². The van der Waals surface area contributed by atoms with Crippen molar-refractivity contribution in [3.05, 3.63) is 107 Å². The lowest BCUT2D eigenvalue weighted by atomic mass is 10.0. The van der Waals surface area contributed by atoms with Crippen LogP contribution < -0.4 is 20.2 Å². The van der Waals surface area contributed by atoms with Crippen LogP contribution in [0.3, 0.4) is 0 Å². The molecule has 2 amide bonds. The first-order valence-electron chi connectivity index (χ1n) is 11.8. The van der Waals surface area contributed by atoms with Gasteiger partial charge in [-0.1, -0.05) is 60.1 Å². The van der Waals surface area contributed by atoms with Crippen molar-refractivity contribution in [1.29, 1.82) is 0 Å². The molecule has 37 heavy (non-hydrogen) atoms. The van der Waals surface area contributed by atoms with Crippen LogP contribution in [0, 0.1) is 0 Å². The Bertz CT molecular complexity index is 1420. The van der Waals surface area contributed by atoms with Gasteiger partial charge >= 0.3 is 0 Å².